The number of ether oxygens (including phenoxy) is 1. The summed E-state index contributed by atoms with van der Waals surface area (Å²) in [6, 6.07) is 14.4. The number of H-pyrrole nitrogens is 1. The van der Waals surface area contributed by atoms with Gasteiger partial charge in [0.15, 0.2) is 0 Å². The first-order valence-electron chi connectivity index (χ1n) is 8.68. The second-order valence-corrected chi connectivity index (χ2v) is 7.32. The highest BCUT2D eigenvalue weighted by Crippen LogP contribution is 2.35. The first-order chi connectivity index (χ1) is 12.8. The summed E-state index contributed by atoms with van der Waals surface area (Å²) < 4.78 is 4.87. The van der Waals surface area contributed by atoms with Crippen molar-refractivity contribution in [2.45, 2.75) is 9.79 Å². The number of carbonyl (C=O) groups is 1. The van der Waals surface area contributed by atoms with Gasteiger partial charge in [-0.2, -0.15) is 0 Å². The van der Waals surface area contributed by atoms with Crippen molar-refractivity contribution in [3.63, 3.8) is 0 Å². The smallest absolute Gasteiger partial charge is 0.339 e. The molecule has 3 aromatic rings. The third-order valence-corrected chi connectivity index (χ3v) is 5.70. The summed E-state index contributed by atoms with van der Waals surface area (Å²) in [5.41, 5.74) is 2.65. The summed E-state index contributed by atoms with van der Waals surface area (Å²) >= 11 is 1.69. The standard InChI is InChI=1S/C20H21N3O2S/c1-25-20(24)17-4-2-3-16-18(13-22-19(16)17)26-15-7-5-14(6-8-15)23-11-9-21-10-12-23/h2-8,13,21-22H,9-12H2,1H3. The number of carbonyl (C=O) groups excluding carboxylic acids is 1. The van der Waals surface area contributed by atoms with Crippen LogP contribution < -0.4 is 10.2 Å². The van der Waals surface area contributed by atoms with Crippen molar-refractivity contribution < 1.29 is 9.53 Å². The average Bonchev–Trinajstić information content (AvgIpc) is 3.11. The second-order valence-electron chi connectivity index (χ2n) is 6.21. The van der Waals surface area contributed by atoms with Crippen LogP contribution in [0.1, 0.15) is 10.4 Å². The Balaban J connectivity index is 1.56. The largest absolute Gasteiger partial charge is 0.465 e. The molecule has 2 heterocycles. The van der Waals surface area contributed by atoms with Gasteiger partial charge in [-0.05, 0) is 30.3 Å². The molecule has 26 heavy (non-hydrogen) atoms. The first kappa shape index (κ1) is 17.0. The van der Waals surface area contributed by atoms with Crippen molar-refractivity contribution in [2.24, 2.45) is 0 Å². The number of aromatic amines is 1. The number of methoxy groups -OCH3 is 1. The van der Waals surface area contributed by atoms with Gasteiger partial charge in [-0.1, -0.05) is 23.9 Å². The summed E-state index contributed by atoms with van der Waals surface area (Å²) in [6.45, 7) is 4.17. The monoisotopic (exact) mass is 367 g/mol. The molecule has 4 rings (SSSR count). The fraction of sp³-hybridized carbons (Fsp3) is 0.250. The Morgan fingerprint density at radius 1 is 1.12 bits per heavy atom. The van der Waals surface area contributed by atoms with Gasteiger partial charge in [-0.15, -0.1) is 0 Å². The van der Waals surface area contributed by atoms with E-state index in [1.54, 1.807) is 17.8 Å². The zero-order valence-electron chi connectivity index (χ0n) is 14.6. The van der Waals surface area contributed by atoms with Crippen molar-refractivity contribution >= 4 is 34.3 Å². The molecule has 1 aliphatic heterocycles. The highest BCUT2D eigenvalue weighted by Gasteiger charge is 2.15. The van der Waals surface area contributed by atoms with Crippen LogP contribution in [0.15, 0.2) is 58.5 Å². The van der Waals surface area contributed by atoms with Gasteiger partial charge < -0.3 is 19.9 Å². The van der Waals surface area contributed by atoms with Crippen molar-refractivity contribution in [1.82, 2.24) is 10.3 Å². The van der Waals surface area contributed by atoms with Crippen LogP contribution in [0.25, 0.3) is 10.9 Å². The Morgan fingerprint density at radius 3 is 2.62 bits per heavy atom. The van der Waals surface area contributed by atoms with E-state index in [0.29, 0.717) is 5.56 Å². The minimum Gasteiger partial charge on any atom is -0.465 e. The van der Waals surface area contributed by atoms with Crippen LogP contribution in [0.5, 0.6) is 0 Å². The maximum Gasteiger partial charge on any atom is 0.339 e. The van der Waals surface area contributed by atoms with Crippen LogP contribution in [-0.4, -0.2) is 44.2 Å². The normalized spacial score (nSPS) is 14.6. The predicted molar refractivity (Wildman–Crippen MR) is 105 cm³/mol. The van der Waals surface area contributed by atoms with Gasteiger partial charge in [-0.3, -0.25) is 0 Å². The Morgan fingerprint density at radius 2 is 1.88 bits per heavy atom. The zero-order valence-corrected chi connectivity index (χ0v) is 15.4. The quantitative estimate of drug-likeness (QED) is 0.691. The van der Waals surface area contributed by atoms with Gasteiger partial charge in [0.25, 0.3) is 0 Å². The molecule has 134 valence electrons. The molecule has 0 bridgehead atoms. The van der Waals surface area contributed by atoms with E-state index in [1.807, 2.05) is 18.3 Å². The number of rotatable bonds is 4. The summed E-state index contributed by atoms with van der Waals surface area (Å²) in [5, 5.41) is 4.41. The van der Waals surface area contributed by atoms with E-state index >= 15 is 0 Å². The molecule has 0 unspecified atom stereocenters. The SMILES string of the molecule is COC(=O)c1cccc2c(Sc3ccc(N4CCNCC4)cc3)c[nH]c12. The number of nitrogens with one attached hydrogen (secondary N) is 2. The number of aromatic nitrogens is 1. The fourth-order valence-corrected chi connectivity index (χ4v) is 4.19. The molecular formula is C20H21N3O2S. The van der Waals surface area contributed by atoms with Gasteiger partial charge in [0.1, 0.15) is 0 Å². The van der Waals surface area contributed by atoms with Gasteiger partial charge in [-0.25, -0.2) is 4.79 Å². The Bertz CT molecular complexity index is 914. The van der Waals surface area contributed by atoms with Crippen LogP contribution in [0.4, 0.5) is 5.69 Å². The molecular weight excluding hydrogens is 346 g/mol. The third kappa shape index (κ3) is 3.30. The van der Waals surface area contributed by atoms with Crippen LogP contribution >= 0.6 is 11.8 Å². The number of hydrogen-bond acceptors (Lipinski definition) is 5. The molecule has 1 saturated heterocycles. The van der Waals surface area contributed by atoms with Crippen LogP contribution in [0.2, 0.25) is 0 Å². The average molecular weight is 367 g/mol. The molecule has 2 N–H and O–H groups in total. The number of anilines is 1. The van der Waals surface area contributed by atoms with Crippen LogP contribution in [0, 0.1) is 0 Å². The van der Waals surface area contributed by atoms with Crippen LogP contribution in [0.3, 0.4) is 0 Å². The number of benzene rings is 2. The lowest BCUT2D eigenvalue weighted by Gasteiger charge is -2.29. The lowest BCUT2D eigenvalue weighted by molar-refractivity contribution is 0.0603. The minimum absolute atomic E-state index is 0.325. The number of nitrogens with zero attached hydrogens (tertiary/aromatic N) is 1. The number of esters is 1. The van der Waals surface area contributed by atoms with Crippen molar-refractivity contribution in [2.75, 3.05) is 38.2 Å². The number of hydrogen-bond donors (Lipinski definition) is 2. The van der Waals surface area contributed by atoms with Gasteiger partial charge in [0, 0.05) is 53.2 Å². The van der Waals surface area contributed by atoms with E-state index < -0.39 is 0 Å². The zero-order chi connectivity index (χ0) is 17.9. The minimum atomic E-state index is -0.325. The van der Waals surface area contributed by atoms with Crippen molar-refractivity contribution in [3.8, 4) is 0 Å². The molecule has 2 aromatic carbocycles. The van der Waals surface area contributed by atoms with Gasteiger partial charge >= 0.3 is 5.97 Å². The molecule has 0 radical (unpaired) electrons. The van der Waals surface area contributed by atoms with Gasteiger partial charge in [0.05, 0.1) is 18.2 Å². The topological polar surface area (TPSA) is 57.4 Å². The maximum atomic E-state index is 11.9. The number of piperazine rings is 1. The Hall–Kier alpha value is -2.44. The van der Waals surface area contributed by atoms with E-state index in [4.69, 9.17) is 4.74 Å². The molecule has 0 spiro atoms. The van der Waals surface area contributed by atoms with E-state index in [9.17, 15) is 4.79 Å². The molecule has 1 aliphatic rings. The highest BCUT2D eigenvalue weighted by molar-refractivity contribution is 7.99. The molecule has 1 fully saturated rings. The molecule has 6 heteroatoms. The second kappa shape index (κ2) is 7.43. The molecule has 0 amide bonds. The van der Waals surface area contributed by atoms with E-state index in [2.05, 4.69) is 39.5 Å². The molecule has 0 saturated carbocycles. The van der Waals surface area contributed by atoms with Crippen LogP contribution in [-0.2, 0) is 4.74 Å². The Kier molecular flexibility index (Phi) is 4.86. The highest BCUT2D eigenvalue weighted by atomic mass is 32.2. The third-order valence-electron chi connectivity index (χ3n) is 4.63. The predicted octanol–water partition coefficient (Wildman–Crippen LogP) is 3.52. The molecule has 5 nitrogen and oxygen atoms in total. The maximum absolute atomic E-state index is 11.9. The summed E-state index contributed by atoms with van der Waals surface area (Å²) in [6.07, 6.45) is 1.95. The van der Waals surface area contributed by atoms with Gasteiger partial charge in [0.2, 0.25) is 0 Å². The molecule has 0 atom stereocenters. The number of fused-ring (bicyclic) bond motifs is 1. The van der Waals surface area contributed by atoms with E-state index in [1.165, 1.54) is 17.7 Å². The van der Waals surface area contributed by atoms with Crippen molar-refractivity contribution in [3.05, 3.63) is 54.2 Å². The van der Waals surface area contributed by atoms with Crippen molar-refractivity contribution in [1.29, 1.82) is 0 Å². The number of para-hydroxylation sites is 1. The van der Waals surface area contributed by atoms with E-state index in [-0.39, 0.29) is 5.97 Å². The lowest BCUT2D eigenvalue weighted by Crippen LogP contribution is -2.43. The summed E-state index contributed by atoms with van der Waals surface area (Å²) in [5.74, 6) is -0.325. The first-order valence-corrected chi connectivity index (χ1v) is 9.50. The lowest BCUT2D eigenvalue weighted by atomic mass is 10.1. The Labute approximate surface area is 156 Å². The summed E-state index contributed by atoms with van der Waals surface area (Å²) in [4.78, 5) is 19.8. The molecule has 0 aliphatic carbocycles. The van der Waals surface area contributed by atoms with E-state index in [0.717, 1.165) is 42.0 Å². The summed E-state index contributed by atoms with van der Waals surface area (Å²) in [7, 11) is 1.40. The molecule has 1 aromatic heterocycles. The fourth-order valence-electron chi connectivity index (χ4n) is 3.27.